The Balaban J connectivity index is 1.51. The van der Waals surface area contributed by atoms with Crippen molar-refractivity contribution in [1.82, 2.24) is 21.3 Å². The minimum absolute atomic E-state index is 0.00118. The van der Waals surface area contributed by atoms with Crippen molar-refractivity contribution in [2.24, 2.45) is 11.8 Å². The van der Waals surface area contributed by atoms with E-state index < -0.39 is 59.8 Å². The maximum absolute atomic E-state index is 14.5. The molecule has 0 spiro atoms. The van der Waals surface area contributed by atoms with Gasteiger partial charge in [0.05, 0.1) is 6.04 Å². The highest BCUT2D eigenvalue weighted by atomic mass is 19.4. The Hall–Kier alpha value is -4.26. The molecule has 13 heteroatoms. The van der Waals surface area contributed by atoms with Gasteiger partial charge in [-0.05, 0) is 47.4 Å². The Morgan fingerprint density at radius 1 is 0.870 bits per heavy atom. The Bertz CT molecular complexity index is 1460. The van der Waals surface area contributed by atoms with Crippen LogP contribution in [0.3, 0.4) is 0 Å². The number of ketones is 1. The van der Waals surface area contributed by atoms with Gasteiger partial charge in [0.15, 0.2) is 11.3 Å². The third kappa shape index (κ3) is 6.64. The van der Waals surface area contributed by atoms with Crippen LogP contribution in [0.15, 0.2) is 48.5 Å². The van der Waals surface area contributed by atoms with Crippen molar-refractivity contribution in [1.29, 1.82) is 0 Å². The van der Waals surface area contributed by atoms with Crippen LogP contribution in [0.2, 0.25) is 0 Å². The predicted octanol–water partition coefficient (Wildman–Crippen LogP) is 2.62. The first-order chi connectivity index (χ1) is 22.0. The number of alkyl halides is 3. The summed E-state index contributed by atoms with van der Waals surface area (Å²) < 4.78 is 41.2. The lowest BCUT2D eigenvalue weighted by atomic mass is 9.83. The highest BCUT2D eigenvalue weighted by molar-refractivity contribution is 6.05. The molecule has 3 aliphatic rings. The van der Waals surface area contributed by atoms with Crippen LogP contribution in [0.25, 0.3) is 11.1 Å². The van der Waals surface area contributed by atoms with Gasteiger partial charge in [0.25, 0.3) is 5.91 Å². The summed E-state index contributed by atoms with van der Waals surface area (Å²) >= 11 is 0. The van der Waals surface area contributed by atoms with Gasteiger partial charge in [0, 0.05) is 12.5 Å². The van der Waals surface area contributed by atoms with Crippen LogP contribution in [0.5, 0.6) is 0 Å². The molecule has 46 heavy (non-hydrogen) atoms. The van der Waals surface area contributed by atoms with Crippen LogP contribution < -0.4 is 21.3 Å². The molecule has 0 radical (unpaired) electrons. The van der Waals surface area contributed by atoms with E-state index in [1.165, 1.54) is 12.1 Å². The van der Waals surface area contributed by atoms with Gasteiger partial charge in [0.1, 0.15) is 12.6 Å². The molecule has 10 nitrogen and oxygen atoms in total. The van der Waals surface area contributed by atoms with Crippen molar-refractivity contribution in [3.63, 3.8) is 0 Å². The fraction of sp³-hybridized carbons (Fsp3) is 0.485. The normalized spacial score (nSPS) is 20.1. The fourth-order valence-corrected chi connectivity index (χ4v) is 6.97. The average Bonchev–Trinajstić information content (AvgIpc) is 3.58. The lowest BCUT2D eigenvalue weighted by Gasteiger charge is -2.35. The Labute approximate surface area is 263 Å². The van der Waals surface area contributed by atoms with Crippen LogP contribution in [0.4, 0.5) is 13.2 Å². The van der Waals surface area contributed by atoms with Gasteiger partial charge < -0.3 is 26.4 Å². The zero-order chi connectivity index (χ0) is 33.1. The number of Topliss-reactive ketones (excluding diaryl/α,β-unsaturated/α-hetero) is 1. The SMILES string of the molecule is O=C1NCCC1CC(NC(=O)C(CC1CCCCC1)NC(=O)C1(NC(=O)C(F)(F)F)c2ccccc2-c2ccccc21)C(=O)CO. The Morgan fingerprint density at radius 3 is 2.02 bits per heavy atom. The molecule has 1 aliphatic heterocycles. The minimum atomic E-state index is -5.32. The molecule has 0 aromatic heterocycles. The second kappa shape index (κ2) is 13.6. The van der Waals surface area contributed by atoms with Crippen molar-refractivity contribution < 1.29 is 42.3 Å². The first-order valence-electron chi connectivity index (χ1n) is 15.6. The number of hydrogen-bond acceptors (Lipinski definition) is 6. The number of aliphatic hydroxyl groups excluding tert-OH is 1. The largest absolute Gasteiger partial charge is 0.471 e. The molecule has 3 atom stereocenters. The fourth-order valence-electron chi connectivity index (χ4n) is 6.97. The van der Waals surface area contributed by atoms with Gasteiger partial charge in [-0.2, -0.15) is 13.2 Å². The van der Waals surface area contributed by atoms with Gasteiger partial charge in [-0.1, -0.05) is 80.6 Å². The number of aliphatic hydroxyl groups is 1. The number of halogens is 3. The van der Waals surface area contributed by atoms with Crippen LogP contribution in [-0.2, 0) is 29.5 Å². The second-order valence-electron chi connectivity index (χ2n) is 12.3. The molecule has 4 amide bonds. The maximum atomic E-state index is 14.5. The molecule has 2 aromatic rings. The standard InChI is InChI=1S/C33H37F3N4O6/c34-33(35,36)31(46)40-32(23-12-6-4-10-21(23)22-11-5-7-13-24(22)32)30(45)39-26(16-19-8-2-1-3-9-19)29(44)38-25(27(42)18-41)17-20-14-15-37-28(20)43/h4-7,10-13,19-20,25-26,41H,1-3,8-9,14-18H2,(H,37,43)(H,38,44)(H,39,45)(H,40,46). The van der Waals surface area contributed by atoms with Crippen molar-refractivity contribution in [2.75, 3.05) is 13.2 Å². The number of nitrogens with one attached hydrogen (secondary N) is 4. The van der Waals surface area contributed by atoms with E-state index in [0.717, 1.165) is 32.1 Å². The molecule has 246 valence electrons. The molecule has 3 unspecified atom stereocenters. The quantitative estimate of drug-likeness (QED) is 0.254. The summed E-state index contributed by atoms with van der Waals surface area (Å²) in [6.45, 7) is -0.481. The van der Waals surface area contributed by atoms with E-state index in [9.17, 15) is 42.3 Å². The molecule has 5 N–H and O–H groups in total. The van der Waals surface area contributed by atoms with E-state index >= 15 is 0 Å². The van der Waals surface area contributed by atoms with Crippen molar-refractivity contribution in [2.45, 2.75) is 75.2 Å². The summed E-state index contributed by atoms with van der Waals surface area (Å²) in [5.41, 5.74) is -1.19. The number of rotatable bonds is 11. The molecule has 1 saturated carbocycles. The van der Waals surface area contributed by atoms with Gasteiger partial charge >= 0.3 is 12.1 Å². The van der Waals surface area contributed by atoms with Crippen molar-refractivity contribution in [3.05, 3.63) is 59.7 Å². The highest BCUT2D eigenvalue weighted by Gasteiger charge is 2.54. The molecular formula is C33H37F3N4O6. The molecule has 5 rings (SSSR count). The van der Waals surface area contributed by atoms with E-state index in [4.69, 9.17) is 0 Å². The van der Waals surface area contributed by atoms with E-state index in [1.54, 1.807) is 36.4 Å². The number of fused-ring (bicyclic) bond motifs is 3. The topological polar surface area (TPSA) is 154 Å². The van der Waals surface area contributed by atoms with Crippen LogP contribution in [0.1, 0.15) is 62.5 Å². The minimum Gasteiger partial charge on any atom is -0.389 e. The van der Waals surface area contributed by atoms with Gasteiger partial charge in [-0.3, -0.25) is 24.0 Å². The molecule has 2 fully saturated rings. The van der Waals surface area contributed by atoms with E-state index in [-0.39, 0.29) is 35.8 Å². The average molecular weight is 643 g/mol. The predicted molar refractivity (Wildman–Crippen MR) is 160 cm³/mol. The van der Waals surface area contributed by atoms with E-state index in [1.807, 2.05) is 5.32 Å². The smallest absolute Gasteiger partial charge is 0.389 e. The first kappa shape index (κ1) is 33.1. The molecule has 1 heterocycles. The Kier molecular flexibility index (Phi) is 9.80. The van der Waals surface area contributed by atoms with Gasteiger partial charge in [-0.25, -0.2) is 0 Å². The van der Waals surface area contributed by atoms with Crippen molar-refractivity contribution >= 4 is 29.4 Å². The monoisotopic (exact) mass is 642 g/mol. The van der Waals surface area contributed by atoms with Crippen LogP contribution >= 0.6 is 0 Å². The lowest BCUT2D eigenvalue weighted by molar-refractivity contribution is -0.176. The van der Waals surface area contributed by atoms with Crippen LogP contribution in [-0.4, -0.2) is 65.9 Å². The number of carbonyl (C=O) groups excluding carboxylic acids is 5. The molecular weight excluding hydrogens is 605 g/mol. The van der Waals surface area contributed by atoms with E-state index in [2.05, 4.69) is 16.0 Å². The first-order valence-corrected chi connectivity index (χ1v) is 15.6. The summed E-state index contributed by atoms with van der Waals surface area (Å²) in [5, 5.41) is 19.5. The highest BCUT2D eigenvalue weighted by Crippen LogP contribution is 2.48. The molecule has 1 saturated heterocycles. The zero-order valence-electron chi connectivity index (χ0n) is 25.1. The maximum Gasteiger partial charge on any atom is 0.471 e. The summed E-state index contributed by atoms with van der Waals surface area (Å²) in [6.07, 6.45) is -0.457. The third-order valence-electron chi connectivity index (χ3n) is 9.31. The number of benzene rings is 2. The summed E-state index contributed by atoms with van der Waals surface area (Å²) in [7, 11) is 0. The number of carbonyl (C=O) groups is 5. The van der Waals surface area contributed by atoms with Crippen LogP contribution in [0, 0.1) is 11.8 Å². The number of hydrogen-bond donors (Lipinski definition) is 5. The summed E-state index contributed by atoms with van der Waals surface area (Å²) in [6, 6.07) is 10.1. The summed E-state index contributed by atoms with van der Waals surface area (Å²) in [4.78, 5) is 65.8. The molecule has 0 bridgehead atoms. The lowest BCUT2D eigenvalue weighted by Crippen LogP contribution is -2.62. The van der Waals surface area contributed by atoms with E-state index in [0.29, 0.717) is 24.1 Å². The van der Waals surface area contributed by atoms with Gasteiger partial charge in [-0.15, -0.1) is 0 Å². The second-order valence-corrected chi connectivity index (χ2v) is 12.3. The number of amides is 4. The van der Waals surface area contributed by atoms with Crippen molar-refractivity contribution in [3.8, 4) is 11.1 Å². The summed E-state index contributed by atoms with van der Waals surface area (Å²) in [5.74, 6) is -5.72. The molecule has 2 aliphatic carbocycles. The zero-order valence-corrected chi connectivity index (χ0v) is 25.1. The molecule has 2 aromatic carbocycles. The Morgan fingerprint density at radius 2 is 1.48 bits per heavy atom. The third-order valence-corrected chi connectivity index (χ3v) is 9.31. The van der Waals surface area contributed by atoms with Gasteiger partial charge in [0.2, 0.25) is 11.8 Å².